The van der Waals surface area contributed by atoms with Crippen LogP contribution in [-0.4, -0.2) is 30.9 Å². The van der Waals surface area contributed by atoms with Crippen LogP contribution in [0.5, 0.6) is 0 Å². The number of benzene rings is 1. The zero-order chi connectivity index (χ0) is 13.0. The maximum atomic E-state index is 12.4. The first kappa shape index (κ1) is 13.1. The van der Waals surface area contributed by atoms with E-state index in [0.29, 0.717) is 0 Å². The van der Waals surface area contributed by atoms with Crippen molar-refractivity contribution in [3.8, 4) is 0 Å². The van der Waals surface area contributed by atoms with E-state index in [1.54, 1.807) is 0 Å². The van der Waals surface area contributed by atoms with Gasteiger partial charge in [0.05, 0.1) is 12.0 Å². The molecular formula is C15H22N2O. The number of amides is 1. The minimum Gasteiger partial charge on any atom is -0.339 e. The lowest BCUT2D eigenvalue weighted by atomic mass is 9.97. The average molecular weight is 246 g/mol. The smallest absolute Gasteiger partial charge is 0.227 e. The van der Waals surface area contributed by atoms with Gasteiger partial charge in [-0.1, -0.05) is 30.3 Å². The van der Waals surface area contributed by atoms with Gasteiger partial charge in [0, 0.05) is 13.6 Å². The van der Waals surface area contributed by atoms with E-state index in [-0.39, 0.29) is 17.9 Å². The van der Waals surface area contributed by atoms with Gasteiger partial charge in [0.2, 0.25) is 5.91 Å². The molecule has 1 heterocycles. The standard InChI is InChI=1S/C15H22N2O/c1-12(13-7-4-3-5-8-13)17(2)15(18)14-9-6-10-16-11-14/h3-5,7-8,12,14,16H,6,9-11H2,1-2H3. The van der Waals surface area contributed by atoms with E-state index in [1.807, 2.05) is 30.1 Å². The first-order valence-electron chi connectivity index (χ1n) is 6.72. The topological polar surface area (TPSA) is 32.3 Å². The summed E-state index contributed by atoms with van der Waals surface area (Å²) in [5.41, 5.74) is 1.19. The van der Waals surface area contributed by atoms with Crippen LogP contribution in [0.4, 0.5) is 0 Å². The second-order valence-electron chi connectivity index (χ2n) is 5.08. The zero-order valence-corrected chi connectivity index (χ0v) is 11.2. The zero-order valence-electron chi connectivity index (χ0n) is 11.2. The fourth-order valence-corrected chi connectivity index (χ4v) is 2.50. The molecule has 18 heavy (non-hydrogen) atoms. The summed E-state index contributed by atoms with van der Waals surface area (Å²) in [6, 6.07) is 10.3. The van der Waals surface area contributed by atoms with Crippen molar-refractivity contribution in [3.63, 3.8) is 0 Å². The van der Waals surface area contributed by atoms with Gasteiger partial charge in [0.15, 0.2) is 0 Å². The van der Waals surface area contributed by atoms with Crippen molar-refractivity contribution in [3.05, 3.63) is 35.9 Å². The lowest BCUT2D eigenvalue weighted by Crippen LogP contribution is -2.42. The van der Waals surface area contributed by atoms with Crippen molar-refractivity contribution in [2.75, 3.05) is 20.1 Å². The third-order valence-electron chi connectivity index (χ3n) is 3.86. The van der Waals surface area contributed by atoms with E-state index in [0.717, 1.165) is 25.9 Å². The predicted octanol–water partition coefficient (Wildman–Crippen LogP) is 2.21. The summed E-state index contributed by atoms with van der Waals surface area (Å²) in [6.45, 7) is 3.95. The average Bonchev–Trinajstić information content (AvgIpc) is 2.47. The van der Waals surface area contributed by atoms with Crippen LogP contribution in [0.1, 0.15) is 31.4 Å². The van der Waals surface area contributed by atoms with Crippen LogP contribution in [0.25, 0.3) is 0 Å². The van der Waals surface area contributed by atoms with Crippen molar-refractivity contribution in [1.29, 1.82) is 0 Å². The number of carbonyl (C=O) groups is 1. The Labute approximate surface area is 109 Å². The second-order valence-corrected chi connectivity index (χ2v) is 5.08. The van der Waals surface area contributed by atoms with Crippen molar-refractivity contribution in [2.45, 2.75) is 25.8 Å². The first-order valence-corrected chi connectivity index (χ1v) is 6.72. The van der Waals surface area contributed by atoms with Crippen molar-refractivity contribution < 1.29 is 4.79 Å². The lowest BCUT2D eigenvalue weighted by Gasteiger charge is -2.31. The van der Waals surface area contributed by atoms with Crippen LogP contribution in [0.3, 0.4) is 0 Å². The summed E-state index contributed by atoms with van der Waals surface area (Å²) in [5.74, 6) is 0.411. The number of rotatable bonds is 3. The van der Waals surface area contributed by atoms with Gasteiger partial charge in [-0.2, -0.15) is 0 Å². The largest absolute Gasteiger partial charge is 0.339 e. The van der Waals surface area contributed by atoms with Crippen LogP contribution >= 0.6 is 0 Å². The quantitative estimate of drug-likeness (QED) is 0.887. The Balaban J connectivity index is 2.01. The lowest BCUT2D eigenvalue weighted by molar-refractivity contribution is -0.136. The molecule has 1 aliphatic rings. The van der Waals surface area contributed by atoms with Crippen molar-refractivity contribution in [1.82, 2.24) is 10.2 Å². The molecule has 2 unspecified atom stereocenters. The molecule has 3 heteroatoms. The van der Waals surface area contributed by atoms with Gasteiger partial charge < -0.3 is 10.2 Å². The van der Waals surface area contributed by atoms with Crippen molar-refractivity contribution in [2.24, 2.45) is 5.92 Å². The summed E-state index contributed by atoms with van der Waals surface area (Å²) in [5, 5.41) is 3.30. The number of hydrogen-bond acceptors (Lipinski definition) is 2. The number of piperidine rings is 1. The van der Waals surface area contributed by atoms with Crippen LogP contribution < -0.4 is 5.32 Å². The highest BCUT2D eigenvalue weighted by atomic mass is 16.2. The van der Waals surface area contributed by atoms with Gasteiger partial charge in [-0.25, -0.2) is 0 Å². The second kappa shape index (κ2) is 6.01. The summed E-state index contributed by atoms with van der Waals surface area (Å²) in [7, 11) is 1.91. The molecule has 1 saturated heterocycles. The Kier molecular flexibility index (Phi) is 4.37. The molecular weight excluding hydrogens is 224 g/mol. The van der Waals surface area contributed by atoms with E-state index in [1.165, 1.54) is 5.56 Å². The summed E-state index contributed by atoms with van der Waals surface area (Å²) < 4.78 is 0. The third-order valence-corrected chi connectivity index (χ3v) is 3.86. The Bertz CT molecular complexity index is 385. The molecule has 1 fully saturated rings. The van der Waals surface area contributed by atoms with E-state index >= 15 is 0 Å². The van der Waals surface area contributed by atoms with Gasteiger partial charge in [-0.15, -0.1) is 0 Å². The molecule has 2 rings (SSSR count). The maximum absolute atomic E-state index is 12.4. The Morgan fingerprint density at radius 2 is 2.11 bits per heavy atom. The molecule has 0 bridgehead atoms. The highest BCUT2D eigenvalue weighted by molar-refractivity contribution is 5.79. The molecule has 98 valence electrons. The maximum Gasteiger partial charge on any atom is 0.227 e. The summed E-state index contributed by atoms with van der Waals surface area (Å²) in [6.07, 6.45) is 2.11. The van der Waals surface area contributed by atoms with Gasteiger partial charge in [0.25, 0.3) is 0 Å². The molecule has 2 atom stereocenters. The normalized spacial score (nSPS) is 21.3. The highest BCUT2D eigenvalue weighted by Crippen LogP contribution is 2.22. The molecule has 0 saturated carbocycles. The Morgan fingerprint density at radius 1 is 1.39 bits per heavy atom. The fourth-order valence-electron chi connectivity index (χ4n) is 2.50. The van der Waals surface area contributed by atoms with E-state index in [2.05, 4.69) is 24.4 Å². The van der Waals surface area contributed by atoms with Crippen LogP contribution in [0.2, 0.25) is 0 Å². The Hall–Kier alpha value is -1.35. The molecule has 1 aliphatic heterocycles. The minimum absolute atomic E-state index is 0.139. The van der Waals surface area contributed by atoms with Gasteiger partial charge in [-0.05, 0) is 31.9 Å². The monoisotopic (exact) mass is 246 g/mol. The molecule has 1 aromatic carbocycles. The predicted molar refractivity (Wildman–Crippen MR) is 73.2 cm³/mol. The molecule has 0 spiro atoms. The third kappa shape index (κ3) is 2.91. The first-order chi connectivity index (χ1) is 8.70. The van der Waals surface area contributed by atoms with E-state index in [4.69, 9.17) is 0 Å². The number of carbonyl (C=O) groups excluding carboxylic acids is 1. The van der Waals surface area contributed by atoms with Crippen LogP contribution in [0, 0.1) is 5.92 Å². The van der Waals surface area contributed by atoms with Gasteiger partial charge in [-0.3, -0.25) is 4.79 Å². The molecule has 0 radical (unpaired) electrons. The number of nitrogens with one attached hydrogen (secondary N) is 1. The number of hydrogen-bond donors (Lipinski definition) is 1. The molecule has 3 nitrogen and oxygen atoms in total. The van der Waals surface area contributed by atoms with E-state index < -0.39 is 0 Å². The molecule has 1 N–H and O–H groups in total. The summed E-state index contributed by atoms with van der Waals surface area (Å²) >= 11 is 0. The Morgan fingerprint density at radius 3 is 2.72 bits per heavy atom. The highest BCUT2D eigenvalue weighted by Gasteiger charge is 2.26. The van der Waals surface area contributed by atoms with E-state index in [9.17, 15) is 4.79 Å². The molecule has 0 aromatic heterocycles. The SMILES string of the molecule is CC(c1ccccc1)N(C)C(=O)C1CCCNC1. The van der Waals surface area contributed by atoms with Crippen molar-refractivity contribution >= 4 is 5.91 Å². The molecule has 1 aromatic rings. The van der Waals surface area contributed by atoms with Gasteiger partial charge >= 0.3 is 0 Å². The number of nitrogens with zero attached hydrogens (tertiary/aromatic N) is 1. The van der Waals surface area contributed by atoms with Crippen LogP contribution in [-0.2, 0) is 4.79 Å². The molecule has 1 amide bonds. The minimum atomic E-state index is 0.139. The van der Waals surface area contributed by atoms with Crippen LogP contribution in [0.15, 0.2) is 30.3 Å². The summed E-state index contributed by atoms with van der Waals surface area (Å²) in [4.78, 5) is 14.3. The fraction of sp³-hybridized carbons (Fsp3) is 0.533. The molecule has 0 aliphatic carbocycles. The van der Waals surface area contributed by atoms with Gasteiger partial charge in [0.1, 0.15) is 0 Å².